The lowest BCUT2D eigenvalue weighted by Crippen LogP contribution is -2.19. The summed E-state index contributed by atoms with van der Waals surface area (Å²) in [5, 5.41) is 8.63. The van der Waals surface area contributed by atoms with Gasteiger partial charge in [0.15, 0.2) is 0 Å². The zero-order valence-electron chi connectivity index (χ0n) is 11.5. The minimum atomic E-state index is 0.764. The van der Waals surface area contributed by atoms with Gasteiger partial charge in [0.25, 0.3) is 0 Å². The molecule has 1 N–H and O–H groups in total. The lowest BCUT2D eigenvalue weighted by atomic mass is 10.1. The molecule has 1 aromatic carbocycles. The predicted octanol–water partition coefficient (Wildman–Crippen LogP) is 3.20. The van der Waals surface area contributed by atoms with Crippen LogP contribution in [0.15, 0.2) is 30.3 Å². The molecule has 0 fully saturated rings. The average Bonchev–Trinajstić information content (AvgIpc) is 2.72. The molecule has 0 aliphatic heterocycles. The van der Waals surface area contributed by atoms with Crippen molar-refractivity contribution in [1.82, 2.24) is 15.1 Å². The molecule has 0 saturated heterocycles. The first-order valence-corrected chi connectivity index (χ1v) is 7.06. The largest absolute Gasteiger partial charge is 0.311 e. The fraction of sp³-hybridized carbons (Fsp3) is 0.400. The maximum Gasteiger partial charge on any atom is 0.0860 e. The van der Waals surface area contributed by atoms with Crippen LogP contribution in [0.4, 0.5) is 0 Å². The molecule has 0 saturated carbocycles. The molecule has 2 aromatic rings. The average molecular weight is 278 g/mol. The molecule has 4 heteroatoms. The summed E-state index contributed by atoms with van der Waals surface area (Å²) in [5.41, 5.74) is 3.33. The number of rotatable bonds is 6. The second-order valence-corrected chi connectivity index (χ2v) is 4.95. The van der Waals surface area contributed by atoms with E-state index in [4.69, 9.17) is 11.6 Å². The zero-order valence-corrected chi connectivity index (χ0v) is 12.2. The van der Waals surface area contributed by atoms with Crippen LogP contribution in [0.2, 0.25) is 5.02 Å². The summed E-state index contributed by atoms with van der Waals surface area (Å²) in [6, 6.07) is 10.5. The van der Waals surface area contributed by atoms with E-state index in [1.54, 1.807) is 0 Å². The first-order chi connectivity index (χ1) is 9.22. The minimum Gasteiger partial charge on any atom is -0.311 e. The molecule has 0 amide bonds. The van der Waals surface area contributed by atoms with Crippen molar-refractivity contribution in [2.24, 2.45) is 0 Å². The monoisotopic (exact) mass is 277 g/mol. The Morgan fingerprint density at radius 1 is 1.26 bits per heavy atom. The topological polar surface area (TPSA) is 29.9 Å². The van der Waals surface area contributed by atoms with Crippen molar-refractivity contribution >= 4 is 11.6 Å². The van der Waals surface area contributed by atoms with Crippen LogP contribution >= 0.6 is 11.6 Å². The van der Waals surface area contributed by atoms with E-state index in [9.17, 15) is 0 Å². The Hall–Kier alpha value is -1.32. The van der Waals surface area contributed by atoms with Crippen molar-refractivity contribution in [3.05, 3.63) is 52.3 Å². The van der Waals surface area contributed by atoms with Crippen LogP contribution in [-0.2, 0) is 19.5 Å². The molecule has 0 spiro atoms. The van der Waals surface area contributed by atoms with Crippen molar-refractivity contribution < 1.29 is 0 Å². The maximum atomic E-state index is 6.27. The molecular formula is C15H20ClN3. The lowest BCUT2D eigenvalue weighted by molar-refractivity contribution is 0.580. The molecule has 19 heavy (non-hydrogen) atoms. The van der Waals surface area contributed by atoms with Crippen LogP contribution in [0, 0.1) is 6.92 Å². The summed E-state index contributed by atoms with van der Waals surface area (Å²) in [6.45, 7) is 6.58. The van der Waals surface area contributed by atoms with Gasteiger partial charge in [0.1, 0.15) is 0 Å². The Labute approximate surface area is 119 Å². The number of aromatic nitrogens is 2. The molecule has 3 nitrogen and oxygen atoms in total. The summed E-state index contributed by atoms with van der Waals surface area (Å²) >= 11 is 6.27. The van der Waals surface area contributed by atoms with Gasteiger partial charge in [-0.05, 0) is 32.4 Å². The summed E-state index contributed by atoms with van der Waals surface area (Å²) in [7, 11) is 0. The van der Waals surface area contributed by atoms with E-state index >= 15 is 0 Å². The SMILES string of the molecule is CCn1nc(C)c(Cl)c1CNCCc1ccccc1. The van der Waals surface area contributed by atoms with Crippen molar-refractivity contribution in [2.75, 3.05) is 6.54 Å². The Kier molecular flexibility index (Phi) is 5.00. The Morgan fingerprint density at radius 3 is 2.68 bits per heavy atom. The standard InChI is InChI=1S/C15H20ClN3/c1-3-19-14(15(16)12(2)18-19)11-17-10-9-13-7-5-4-6-8-13/h4-8,17H,3,9-11H2,1-2H3. The van der Waals surface area contributed by atoms with Crippen LogP contribution in [0.3, 0.4) is 0 Å². The van der Waals surface area contributed by atoms with Crippen LogP contribution in [0.1, 0.15) is 23.9 Å². The number of hydrogen-bond donors (Lipinski definition) is 1. The van der Waals surface area contributed by atoms with Gasteiger partial charge < -0.3 is 5.32 Å². The molecule has 0 radical (unpaired) electrons. The normalized spacial score (nSPS) is 10.9. The Balaban J connectivity index is 1.86. The molecule has 0 atom stereocenters. The van der Waals surface area contributed by atoms with Gasteiger partial charge in [-0.1, -0.05) is 41.9 Å². The van der Waals surface area contributed by atoms with Crippen LogP contribution in [0.25, 0.3) is 0 Å². The summed E-state index contributed by atoms with van der Waals surface area (Å²) < 4.78 is 1.97. The van der Waals surface area contributed by atoms with Crippen molar-refractivity contribution in [1.29, 1.82) is 0 Å². The fourth-order valence-corrected chi connectivity index (χ4v) is 2.32. The van der Waals surface area contributed by atoms with Gasteiger partial charge in [0.05, 0.1) is 16.4 Å². The Bertz CT molecular complexity index is 520. The van der Waals surface area contributed by atoms with E-state index in [0.717, 1.165) is 42.5 Å². The van der Waals surface area contributed by atoms with Gasteiger partial charge in [0.2, 0.25) is 0 Å². The van der Waals surface area contributed by atoms with E-state index in [2.05, 4.69) is 41.6 Å². The third kappa shape index (κ3) is 3.58. The molecule has 2 rings (SSSR count). The van der Waals surface area contributed by atoms with E-state index in [1.807, 2.05) is 17.7 Å². The van der Waals surface area contributed by atoms with E-state index in [1.165, 1.54) is 5.56 Å². The van der Waals surface area contributed by atoms with Gasteiger partial charge in [-0.25, -0.2) is 0 Å². The van der Waals surface area contributed by atoms with Gasteiger partial charge in [-0.15, -0.1) is 0 Å². The van der Waals surface area contributed by atoms with Crippen LogP contribution in [-0.4, -0.2) is 16.3 Å². The van der Waals surface area contributed by atoms with Crippen molar-refractivity contribution in [3.63, 3.8) is 0 Å². The number of nitrogens with one attached hydrogen (secondary N) is 1. The quantitative estimate of drug-likeness (QED) is 0.822. The van der Waals surface area contributed by atoms with E-state index in [0.29, 0.717) is 0 Å². The Morgan fingerprint density at radius 2 is 2.00 bits per heavy atom. The number of benzene rings is 1. The van der Waals surface area contributed by atoms with Gasteiger partial charge in [-0.2, -0.15) is 5.10 Å². The van der Waals surface area contributed by atoms with Gasteiger partial charge in [-0.3, -0.25) is 4.68 Å². The molecule has 0 aliphatic rings. The molecule has 0 unspecified atom stereocenters. The maximum absolute atomic E-state index is 6.27. The zero-order chi connectivity index (χ0) is 13.7. The molecular weight excluding hydrogens is 258 g/mol. The van der Waals surface area contributed by atoms with Crippen LogP contribution in [0.5, 0.6) is 0 Å². The second-order valence-electron chi connectivity index (χ2n) is 4.57. The summed E-state index contributed by atoms with van der Waals surface area (Å²) in [6.07, 6.45) is 1.03. The highest BCUT2D eigenvalue weighted by Crippen LogP contribution is 2.19. The summed E-state index contributed by atoms with van der Waals surface area (Å²) in [4.78, 5) is 0. The third-order valence-electron chi connectivity index (χ3n) is 3.18. The first-order valence-electron chi connectivity index (χ1n) is 6.68. The number of nitrogens with zero attached hydrogens (tertiary/aromatic N) is 2. The number of hydrogen-bond acceptors (Lipinski definition) is 2. The first kappa shape index (κ1) is 14.1. The summed E-state index contributed by atoms with van der Waals surface area (Å²) in [5.74, 6) is 0. The minimum absolute atomic E-state index is 0.764. The van der Waals surface area contributed by atoms with Gasteiger partial charge >= 0.3 is 0 Å². The van der Waals surface area contributed by atoms with Gasteiger partial charge in [0, 0.05) is 13.1 Å². The van der Waals surface area contributed by atoms with Crippen molar-refractivity contribution in [2.45, 2.75) is 33.4 Å². The molecule has 0 aliphatic carbocycles. The smallest absolute Gasteiger partial charge is 0.0860 e. The van der Waals surface area contributed by atoms with Crippen LogP contribution < -0.4 is 5.32 Å². The highest BCUT2D eigenvalue weighted by molar-refractivity contribution is 6.31. The number of aryl methyl sites for hydroxylation is 2. The highest BCUT2D eigenvalue weighted by atomic mass is 35.5. The lowest BCUT2D eigenvalue weighted by Gasteiger charge is -2.07. The third-order valence-corrected chi connectivity index (χ3v) is 3.67. The molecule has 1 aromatic heterocycles. The fourth-order valence-electron chi connectivity index (χ4n) is 2.12. The second kappa shape index (κ2) is 6.73. The molecule has 0 bridgehead atoms. The molecule has 1 heterocycles. The molecule has 102 valence electrons. The van der Waals surface area contributed by atoms with Crippen molar-refractivity contribution in [3.8, 4) is 0 Å². The predicted molar refractivity (Wildman–Crippen MR) is 79.5 cm³/mol. The van der Waals surface area contributed by atoms with E-state index < -0.39 is 0 Å². The highest BCUT2D eigenvalue weighted by Gasteiger charge is 2.11. The number of halogens is 1. The van der Waals surface area contributed by atoms with E-state index in [-0.39, 0.29) is 0 Å².